The Kier molecular flexibility index (Phi) is 4.00. The van der Waals surface area contributed by atoms with E-state index in [1.165, 1.54) is 0 Å². The minimum Gasteiger partial charge on any atom is -0.379 e. The Morgan fingerprint density at radius 1 is 1.04 bits per heavy atom. The summed E-state index contributed by atoms with van der Waals surface area (Å²) in [7, 11) is 0. The normalized spacial score (nSPS) is 23.6. The van der Waals surface area contributed by atoms with Gasteiger partial charge in [-0.15, -0.1) is 0 Å². The van der Waals surface area contributed by atoms with E-state index in [2.05, 4.69) is 9.97 Å². The fraction of sp³-hybridized carbons (Fsp3) is 0.389. The molecule has 6 nitrogen and oxygen atoms in total. The van der Waals surface area contributed by atoms with Crippen molar-refractivity contribution in [3.05, 3.63) is 48.3 Å². The molecule has 2 aromatic rings. The molecular weight excluding hydrogens is 306 g/mol. The zero-order chi connectivity index (χ0) is 16.4. The van der Waals surface area contributed by atoms with Gasteiger partial charge < -0.3 is 14.4 Å². The third kappa shape index (κ3) is 2.68. The molecule has 0 radical (unpaired) electrons. The van der Waals surface area contributed by atoms with Crippen LogP contribution in [-0.2, 0) is 9.47 Å². The van der Waals surface area contributed by atoms with Crippen LogP contribution in [-0.4, -0.2) is 59.3 Å². The molecule has 0 N–H and O–H groups in total. The topological polar surface area (TPSA) is 64.6 Å². The van der Waals surface area contributed by atoms with Crippen molar-refractivity contribution in [2.24, 2.45) is 0 Å². The summed E-state index contributed by atoms with van der Waals surface area (Å²) in [5, 5.41) is 0. The number of carbonyl (C=O) groups excluding carboxylic acids is 1. The third-order valence-corrected chi connectivity index (χ3v) is 4.66. The number of aromatic nitrogens is 2. The van der Waals surface area contributed by atoms with E-state index in [1.807, 2.05) is 35.2 Å². The summed E-state index contributed by atoms with van der Waals surface area (Å²) in [5.74, 6) is 0.566. The maximum Gasteiger partial charge on any atom is 0.257 e. The van der Waals surface area contributed by atoms with Gasteiger partial charge in [0.05, 0.1) is 30.9 Å². The molecule has 1 aromatic carbocycles. The van der Waals surface area contributed by atoms with Gasteiger partial charge in [-0.05, 0) is 6.42 Å². The van der Waals surface area contributed by atoms with Crippen LogP contribution in [0.4, 0.5) is 0 Å². The monoisotopic (exact) mass is 325 g/mol. The number of hydrogen-bond acceptors (Lipinski definition) is 5. The first kappa shape index (κ1) is 15.2. The number of rotatable bonds is 2. The molecule has 1 unspecified atom stereocenters. The summed E-state index contributed by atoms with van der Waals surface area (Å²) in [4.78, 5) is 23.5. The van der Waals surface area contributed by atoms with Crippen LogP contribution in [0.1, 0.15) is 16.8 Å². The van der Waals surface area contributed by atoms with Crippen molar-refractivity contribution < 1.29 is 14.3 Å². The molecule has 0 aliphatic carbocycles. The minimum absolute atomic E-state index is 0.0524. The number of benzene rings is 1. The lowest BCUT2D eigenvalue weighted by molar-refractivity contribution is -0.0551. The highest BCUT2D eigenvalue weighted by atomic mass is 16.5. The van der Waals surface area contributed by atoms with Gasteiger partial charge >= 0.3 is 0 Å². The second kappa shape index (κ2) is 6.30. The van der Waals surface area contributed by atoms with Crippen molar-refractivity contribution in [2.45, 2.75) is 12.0 Å². The van der Waals surface area contributed by atoms with E-state index in [9.17, 15) is 4.79 Å². The van der Waals surface area contributed by atoms with Crippen molar-refractivity contribution in [2.75, 3.05) is 33.0 Å². The Morgan fingerprint density at radius 3 is 2.46 bits per heavy atom. The summed E-state index contributed by atoms with van der Waals surface area (Å²) in [6.45, 7) is 2.85. The van der Waals surface area contributed by atoms with E-state index >= 15 is 0 Å². The van der Waals surface area contributed by atoms with Crippen LogP contribution >= 0.6 is 0 Å². The van der Waals surface area contributed by atoms with Gasteiger partial charge in [-0.2, -0.15) is 0 Å². The maximum absolute atomic E-state index is 12.9. The van der Waals surface area contributed by atoms with Crippen LogP contribution < -0.4 is 0 Å². The van der Waals surface area contributed by atoms with E-state index in [1.54, 1.807) is 12.4 Å². The molecule has 24 heavy (non-hydrogen) atoms. The highest BCUT2D eigenvalue weighted by Gasteiger charge is 2.45. The molecule has 6 heteroatoms. The summed E-state index contributed by atoms with van der Waals surface area (Å²) < 4.78 is 11.1. The first-order chi connectivity index (χ1) is 11.8. The fourth-order valence-corrected chi connectivity index (χ4v) is 3.30. The quantitative estimate of drug-likeness (QED) is 0.842. The third-order valence-electron chi connectivity index (χ3n) is 4.66. The van der Waals surface area contributed by atoms with Crippen LogP contribution in [0.3, 0.4) is 0 Å². The van der Waals surface area contributed by atoms with E-state index in [4.69, 9.17) is 9.47 Å². The molecule has 2 aliphatic heterocycles. The number of hydrogen-bond donors (Lipinski definition) is 0. The maximum atomic E-state index is 12.9. The van der Waals surface area contributed by atoms with Gasteiger partial charge in [0.25, 0.3) is 5.91 Å². The van der Waals surface area contributed by atoms with Crippen molar-refractivity contribution in [1.29, 1.82) is 0 Å². The summed E-state index contributed by atoms with van der Waals surface area (Å²) >= 11 is 0. The number of morpholine rings is 1. The van der Waals surface area contributed by atoms with Crippen LogP contribution in [0.25, 0.3) is 11.4 Å². The van der Waals surface area contributed by atoms with Gasteiger partial charge in [0.15, 0.2) is 5.82 Å². The average Bonchev–Trinajstić information content (AvgIpc) is 3.11. The Balaban J connectivity index is 1.58. The lowest BCUT2D eigenvalue weighted by Crippen LogP contribution is -2.59. The van der Waals surface area contributed by atoms with Gasteiger partial charge in [-0.25, -0.2) is 9.97 Å². The molecule has 3 heterocycles. The van der Waals surface area contributed by atoms with Crippen molar-refractivity contribution in [1.82, 2.24) is 14.9 Å². The molecule has 2 aliphatic rings. The Bertz CT molecular complexity index is 712. The highest BCUT2D eigenvalue weighted by molar-refractivity contribution is 5.94. The molecule has 1 aromatic heterocycles. The zero-order valence-electron chi connectivity index (χ0n) is 13.4. The Labute approximate surface area is 140 Å². The number of nitrogens with zero attached hydrogens (tertiary/aromatic N) is 3. The standard InChI is InChI=1S/C18H19N3O3/c22-17(21-7-9-24-13-18(21)6-8-23-12-18)15-10-19-16(20-11-15)14-4-2-1-3-5-14/h1-5,10-11H,6-9,12-13H2. The lowest BCUT2D eigenvalue weighted by atomic mass is 9.95. The Hall–Kier alpha value is -2.31. The lowest BCUT2D eigenvalue weighted by Gasteiger charge is -2.43. The van der Waals surface area contributed by atoms with Crippen LogP contribution in [0.2, 0.25) is 0 Å². The predicted octanol–water partition coefficient (Wildman–Crippen LogP) is 1.78. The molecule has 0 bridgehead atoms. The molecule has 1 spiro atoms. The molecule has 1 atom stereocenters. The SMILES string of the molecule is O=C(c1cnc(-c2ccccc2)nc1)N1CCOCC12CCOC2. The molecular formula is C18H19N3O3. The summed E-state index contributed by atoms with van der Waals surface area (Å²) in [6, 6.07) is 9.72. The van der Waals surface area contributed by atoms with E-state index in [0.29, 0.717) is 44.4 Å². The molecule has 124 valence electrons. The van der Waals surface area contributed by atoms with E-state index in [0.717, 1.165) is 12.0 Å². The smallest absolute Gasteiger partial charge is 0.257 e. The molecule has 1 amide bonds. The summed E-state index contributed by atoms with van der Waals surface area (Å²) in [5.41, 5.74) is 1.10. The van der Waals surface area contributed by atoms with E-state index < -0.39 is 0 Å². The van der Waals surface area contributed by atoms with Crippen molar-refractivity contribution in [3.8, 4) is 11.4 Å². The molecule has 2 saturated heterocycles. The second-order valence-corrected chi connectivity index (χ2v) is 6.20. The van der Waals surface area contributed by atoms with Gasteiger partial charge in [-0.3, -0.25) is 4.79 Å². The molecule has 0 saturated carbocycles. The zero-order valence-corrected chi connectivity index (χ0v) is 13.4. The Morgan fingerprint density at radius 2 is 1.75 bits per heavy atom. The van der Waals surface area contributed by atoms with Gasteiger partial charge in [-0.1, -0.05) is 30.3 Å². The first-order valence-corrected chi connectivity index (χ1v) is 8.13. The van der Waals surface area contributed by atoms with Crippen molar-refractivity contribution >= 4 is 5.91 Å². The van der Waals surface area contributed by atoms with Crippen LogP contribution in [0, 0.1) is 0 Å². The van der Waals surface area contributed by atoms with E-state index in [-0.39, 0.29) is 11.4 Å². The van der Waals surface area contributed by atoms with Crippen LogP contribution in [0.15, 0.2) is 42.7 Å². The van der Waals surface area contributed by atoms with Gasteiger partial charge in [0.1, 0.15) is 0 Å². The number of carbonyl (C=O) groups is 1. The molecule has 2 fully saturated rings. The number of ether oxygens (including phenoxy) is 2. The number of amides is 1. The van der Waals surface area contributed by atoms with Crippen LogP contribution in [0.5, 0.6) is 0 Å². The second-order valence-electron chi connectivity index (χ2n) is 6.20. The largest absolute Gasteiger partial charge is 0.379 e. The molecule has 4 rings (SSSR count). The first-order valence-electron chi connectivity index (χ1n) is 8.13. The average molecular weight is 325 g/mol. The highest BCUT2D eigenvalue weighted by Crippen LogP contribution is 2.30. The summed E-state index contributed by atoms with van der Waals surface area (Å²) in [6.07, 6.45) is 4.02. The van der Waals surface area contributed by atoms with Gasteiger partial charge in [0.2, 0.25) is 0 Å². The minimum atomic E-state index is -0.340. The van der Waals surface area contributed by atoms with Crippen molar-refractivity contribution in [3.63, 3.8) is 0 Å². The fourth-order valence-electron chi connectivity index (χ4n) is 3.30. The van der Waals surface area contributed by atoms with Gasteiger partial charge in [0, 0.05) is 31.1 Å². The predicted molar refractivity (Wildman–Crippen MR) is 87.5 cm³/mol.